The summed E-state index contributed by atoms with van der Waals surface area (Å²) in [5.41, 5.74) is 11.5. The number of furan rings is 1. The third kappa shape index (κ3) is 3.63. The Morgan fingerprint density at radius 2 is 1.10 bits per heavy atom. The first-order chi connectivity index (χ1) is 25.3. The fourth-order valence-electron chi connectivity index (χ4n) is 8.92. The molecule has 2 aliphatic rings. The Labute approximate surface area is 293 Å². The minimum atomic E-state index is -0.0135. The van der Waals surface area contributed by atoms with E-state index in [2.05, 4.69) is 189 Å². The van der Waals surface area contributed by atoms with Crippen LogP contribution in [0.2, 0.25) is 0 Å². The van der Waals surface area contributed by atoms with Crippen LogP contribution in [0.1, 0.15) is 23.5 Å². The second-order valence-electron chi connectivity index (χ2n) is 13.7. The van der Waals surface area contributed by atoms with E-state index >= 15 is 0 Å². The Morgan fingerprint density at radius 3 is 1.90 bits per heavy atom. The molecule has 0 radical (unpaired) electrons. The number of nitrogens with zero attached hydrogens (tertiary/aromatic N) is 4. The van der Waals surface area contributed by atoms with Crippen molar-refractivity contribution in [1.29, 1.82) is 0 Å². The van der Waals surface area contributed by atoms with Crippen molar-refractivity contribution in [2.75, 3.05) is 0 Å². The van der Waals surface area contributed by atoms with Crippen molar-refractivity contribution < 1.29 is 4.42 Å². The maximum atomic E-state index is 6.47. The van der Waals surface area contributed by atoms with Crippen molar-refractivity contribution in [2.45, 2.75) is 12.3 Å². The summed E-state index contributed by atoms with van der Waals surface area (Å²) in [7, 11) is 0. The van der Waals surface area contributed by atoms with Gasteiger partial charge in [-0.25, -0.2) is 0 Å². The molecule has 0 saturated carbocycles. The molecule has 2 aliphatic heterocycles. The molecule has 3 atom stereocenters. The van der Waals surface area contributed by atoms with Crippen LogP contribution in [0.25, 0.3) is 76.9 Å². The van der Waals surface area contributed by atoms with Gasteiger partial charge in [-0.3, -0.25) is 5.01 Å². The van der Waals surface area contributed by atoms with Gasteiger partial charge in [-0.05, 0) is 53.6 Å². The molecule has 3 unspecified atom stereocenters. The molecule has 0 aliphatic carbocycles. The van der Waals surface area contributed by atoms with E-state index in [0.717, 1.165) is 27.6 Å². The van der Waals surface area contributed by atoms with Gasteiger partial charge < -0.3 is 13.6 Å². The average molecular weight is 655 g/mol. The summed E-state index contributed by atoms with van der Waals surface area (Å²) in [6.45, 7) is 0. The molecule has 51 heavy (non-hydrogen) atoms. The van der Waals surface area contributed by atoms with Crippen molar-refractivity contribution >= 4 is 71.2 Å². The highest BCUT2D eigenvalue weighted by atomic mass is 16.3. The van der Waals surface area contributed by atoms with Crippen molar-refractivity contribution in [3.05, 3.63) is 181 Å². The van der Waals surface area contributed by atoms with Gasteiger partial charge in [-0.2, -0.15) is 5.01 Å². The Balaban J connectivity index is 1.23. The summed E-state index contributed by atoms with van der Waals surface area (Å²) < 4.78 is 11.6. The number of hydrogen-bond acceptors (Lipinski definition) is 3. The first kappa shape index (κ1) is 27.3. The average Bonchev–Trinajstić information content (AvgIpc) is 3.53. The van der Waals surface area contributed by atoms with Crippen LogP contribution in [0.5, 0.6) is 0 Å². The van der Waals surface area contributed by atoms with E-state index in [1.165, 1.54) is 60.4 Å². The zero-order valence-corrected chi connectivity index (χ0v) is 27.5. The quantitative estimate of drug-likeness (QED) is 0.177. The van der Waals surface area contributed by atoms with Crippen LogP contribution >= 0.6 is 0 Å². The van der Waals surface area contributed by atoms with Crippen molar-refractivity contribution in [3.8, 4) is 5.69 Å². The molecular formula is C46H30N4O. The fourth-order valence-corrected chi connectivity index (χ4v) is 8.92. The maximum absolute atomic E-state index is 6.47. The van der Waals surface area contributed by atoms with E-state index in [9.17, 15) is 0 Å². The molecule has 7 aromatic carbocycles. The van der Waals surface area contributed by atoms with Gasteiger partial charge in [0.1, 0.15) is 11.2 Å². The summed E-state index contributed by atoms with van der Waals surface area (Å²) in [5.74, 6) is 0. The molecule has 3 aromatic heterocycles. The number of fused-ring (bicyclic) bond motifs is 12. The largest absolute Gasteiger partial charge is 0.456 e. The van der Waals surface area contributed by atoms with Crippen LogP contribution < -0.4 is 0 Å². The Kier molecular flexibility index (Phi) is 5.35. The van der Waals surface area contributed by atoms with E-state index in [1.807, 2.05) is 0 Å². The van der Waals surface area contributed by atoms with E-state index < -0.39 is 0 Å². The SMILES string of the molecule is C1=C(c2ccccc2)N2C(n3c4ccccc4c4ccc5c6ccc7oc8ccccc8c7c6n(-c6ccccc6)c5c43)N2C1c1ccccc1. The minimum Gasteiger partial charge on any atom is -0.456 e. The van der Waals surface area contributed by atoms with E-state index in [1.54, 1.807) is 0 Å². The predicted molar refractivity (Wildman–Crippen MR) is 207 cm³/mol. The molecule has 1 fully saturated rings. The van der Waals surface area contributed by atoms with Gasteiger partial charge in [-0.15, -0.1) is 0 Å². The summed E-state index contributed by atoms with van der Waals surface area (Å²) in [4.78, 5) is 0. The maximum Gasteiger partial charge on any atom is 0.196 e. The molecule has 5 heteroatoms. The Hall–Kier alpha value is -6.56. The number of rotatable bonds is 4. The third-order valence-corrected chi connectivity index (χ3v) is 11.1. The first-order valence-electron chi connectivity index (χ1n) is 17.6. The van der Waals surface area contributed by atoms with E-state index in [-0.39, 0.29) is 12.3 Å². The van der Waals surface area contributed by atoms with Gasteiger partial charge in [0.2, 0.25) is 0 Å². The third-order valence-electron chi connectivity index (χ3n) is 11.1. The van der Waals surface area contributed by atoms with Gasteiger partial charge in [-0.1, -0.05) is 127 Å². The van der Waals surface area contributed by atoms with E-state index in [0.29, 0.717) is 0 Å². The van der Waals surface area contributed by atoms with Gasteiger partial charge in [0.15, 0.2) is 6.29 Å². The van der Waals surface area contributed by atoms with E-state index in [4.69, 9.17) is 4.42 Å². The molecule has 0 spiro atoms. The van der Waals surface area contributed by atoms with Gasteiger partial charge in [0.25, 0.3) is 0 Å². The highest BCUT2D eigenvalue weighted by Gasteiger charge is 2.57. The van der Waals surface area contributed by atoms with Crippen LogP contribution in [0.15, 0.2) is 174 Å². The molecule has 1 saturated heterocycles. The molecule has 10 aromatic rings. The zero-order chi connectivity index (χ0) is 33.2. The molecule has 12 rings (SSSR count). The lowest BCUT2D eigenvalue weighted by Gasteiger charge is -2.15. The molecule has 0 N–H and O–H groups in total. The summed E-state index contributed by atoms with van der Waals surface area (Å²) >= 11 is 0. The zero-order valence-electron chi connectivity index (χ0n) is 27.5. The second-order valence-corrected chi connectivity index (χ2v) is 13.7. The lowest BCUT2D eigenvalue weighted by Crippen LogP contribution is -2.10. The van der Waals surface area contributed by atoms with Crippen LogP contribution in [-0.2, 0) is 0 Å². The van der Waals surface area contributed by atoms with Crippen LogP contribution in [0, 0.1) is 0 Å². The number of hydrogen-bond donors (Lipinski definition) is 0. The first-order valence-corrected chi connectivity index (χ1v) is 17.6. The molecule has 0 bridgehead atoms. The summed E-state index contributed by atoms with van der Waals surface area (Å²) in [6, 6.07) is 59.1. The van der Waals surface area contributed by atoms with Gasteiger partial charge in [0.05, 0.1) is 39.2 Å². The number of para-hydroxylation sites is 3. The Bertz CT molecular complexity index is 3040. The van der Waals surface area contributed by atoms with Crippen LogP contribution in [0.3, 0.4) is 0 Å². The second kappa shape index (κ2) is 10.0. The van der Waals surface area contributed by atoms with Crippen LogP contribution in [0.4, 0.5) is 0 Å². The summed E-state index contributed by atoms with van der Waals surface area (Å²) in [6.07, 6.45) is 2.41. The molecule has 240 valence electrons. The number of benzene rings is 7. The lowest BCUT2D eigenvalue weighted by molar-refractivity contribution is 0.357. The molecular weight excluding hydrogens is 625 g/mol. The lowest BCUT2D eigenvalue weighted by atomic mass is 10.0. The number of aromatic nitrogens is 2. The van der Waals surface area contributed by atoms with Crippen molar-refractivity contribution in [2.24, 2.45) is 0 Å². The normalized spacial score (nSPS) is 18.5. The van der Waals surface area contributed by atoms with Crippen molar-refractivity contribution in [1.82, 2.24) is 19.2 Å². The number of hydrazine groups is 1. The highest BCUT2D eigenvalue weighted by molar-refractivity contribution is 6.29. The van der Waals surface area contributed by atoms with Gasteiger partial charge >= 0.3 is 0 Å². The van der Waals surface area contributed by atoms with Crippen LogP contribution in [-0.4, -0.2) is 19.2 Å². The minimum absolute atomic E-state index is 0.0135. The highest BCUT2D eigenvalue weighted by Crippen LogP contribution is 2.58. The molecule has 0 amide bonds. The topological polar surface area (TPSA) is 29.0 Å². The predicted octanol–water partition coefficient (Wildman–Crippen LogP) is 11.6. The van der Waals surface area contributed by atoms with Gasteiger partial charge in [0, 0.05) is 32.6 Å². The molecule has 5 nitrogen and oxygen atoms in total. The standard InChI is InChI=1S/C46H30N4O/c1-4-14-29(15-5-1)38-28-39(30-16-6-2-7-17-30)50-46(49(38)50)48-37-22-12-10-20-32(37)33-24-25-35-34-26-27-41-42(36-21-11-13-23-40(36)51-41)43(34)47(44(35)45(33)48)31-18-8-3-9-19-31/h1-28,38,46H. The smallest absolute Gasteiger partial charge is 0.196 e. The fraction of sp³-hybridized carbons (Fsp3) is 0.0435. The monoisotopic (exact) mass is 654 g/mol. The van der Waals surface area contributed by atoms with Crippen molar-refractivity contribution in [3.63, 3.8) is 0 Å². The summed E-state index contributed by atoms with van der Waals surface area (Å²) in [5, 5.41) is 12.3. The molecule has 5 heterocycles. The Morgan fingerprint density at radius 1 is 0.471 bits per heavy atom.